The number of hydrogen-bond donors (Lipinski definition) is 1. The molecule has 0 aromatic rings. The van der Waals surface area contributed by atoms with E-state index in [1.54, 1.807) is 0 Å². The van der Waals surface area contributed by atoms with Crippen LogP contribution in [0.15, 0.2) is 0 Å². The summed E-state index contributed by atoms with van der Waals surface area (Å²) in [5.41, 5.74) is 0. The molecule has 0 bridgehead atoms. The summed E-state index contributed by atoms with van der Waals surface area (Å²) in [6.45, 7) is 1.23. The van der Waals surface area contributed by atoms with Crippen LogP contribution in [0.2, 0.25) is 0 Å². The van der Waals surface area contributed by atoms with Gasteiger partial charge in [-0.2, -0.15) is 0 Å². The van der Waals surface area contributed by atoms with Crippen LogP contribution in [0.5, 0.6) is 0 Å². The first kappa shape index (κ1) is 10.4. The Labute approximate surface area is 80.8 Å². The van der Waals surface area contributed by atoms with Crippen molar-refractivity contribution >= 4 is 26.0 Å². The van der Waals surface area contributed by atoms with Gasteiger partial charge in [-0.3, -0.25) is 0 Å². The molecule has 0 aromatic carbocycles. The number of halogens is 1. The standard InChI is InChI=1S/C6H12BrNO3S/c7-5-12(9,10)8-6-2-1-3-11-4-6/h6,8H,1-5H2/t6-/m0/s1. The van der Waals surface area contributed by atoms with Crippen LogP contribution in [0, 0.1) is 0 Å². The van der Waals surface area contributed by atoms with Gasteiger partial charge in [-0.1, -0.05) is 15.9 Å². The van der Waals surface area contributed by atoms with Crippen LogP contribution in [0.1, 0.15) is 12.8 Å². The van der Waals surface area contributed by atoms with E-state index in [-0.39, 0.29) is 10.7 Å². The smallest absolute Gasteiger partial charge is 0.221 e. The van der Waals surface area contributed by atoms with Gasteiger partial charge in [0.1, 0.15) is 4.66 Å². The third kappa shape index (κ3) is 3.38. The first-order chi connectivity index (χ1) is 5.64. The van der Waals surface area contributed by atoms with Crippen LogP contribution in [-0.4, -0.2) is 32.3 Å². The third-order valence-corrected chi connectivity index (χ3v) is 4.44. The topological polar surface area (TPSA) is 55.4 Å². The van der Waals surface area contributed by atoms with Gasteiger partial charge in [0.05, 0.1) is 6.61 Å². The van der Waals surface area contributed by atoms with Crippen molar-refractivity contribution in [1.82, 2.24) is 4.72 Å². The number of alkyl halides is 1. The molecule has 0 amide bonds. The van der Waals surface area contributed by atoms with E-state index in [0.29, 0.717) is 6.61 Å². The summed E-state index contributed by atoms with van der Waals surface area (Å²) >= 11 is 2.91. The van der Waals surface area contributed by atoms with Crippen molar-refractivity contribution in [2.45, 2.75) is 18.9 Å². The lowest BCUT2D eigenvalue weighted by Crippen LogP contribution is -2.40. The van der Waals surface area contributed by atoms with Crippen molar-refractivity contribution in [2.75, 3.05) is 17.9 Å². The Kier molecular flexibility index (Phi) is 3.95. The molecule has 1 rings (SSSR count). The van der Waals surface area contributed by atoms with Gasteiger partial charge in [-0.05, 0) is 12.8 Å². The summed E-state index contributed by atoms with van der Waals surface area (Å²) in [6.07, 6.45) is 1.79. The van der Waals surface area contributed by atoms with Gasteiger partial charge in [0.2, 0.25) is 10.0 Å². The van der Waals surface area contributed by atoms with Crippen molar-refractivity contribution in [3.63, 3.8) is 0 Å². The van der Waals surface area contributed by atoms with E-state index in [1.165, 1.54) is 0 Å². The first-order valence-electron chi connectivity index (χ1n) is 3.78. The number of hydrogen-bond acceptors (Lipinski definition) is 3. The van der Waals surface area contributed by atoms with Crippen LogP contribution in [-0.2, 0) is 14.8 Å². The zero-order valence-electron chi connectivity index (χ0n) is 6.62. The van der Waals surface area contributed by atoms with E-state index >= 15 is 0 Å². The maximum absolute atomic E-state index is 11.1. The summed E-state index contributed by atoms with van der Waals surface area (Å²) in [5.74, 6) is 0. The van der Waals surface area contributed by atoms with Crippen molar-refractivity contribution in [2.24, 2.45) is 0 Å². The predicted molar refractivity (Wildman–Crippen MR) is 49.7 cm³/mol. The molecule has 1 aliphatic heterocycles. The van der Waals surface area contributed by atoms with Gasteiger partial charge in [0.25, 0.3) is 0 Å². The molecule has 0 radical (unpaired) electrons. The fourth-order valence-corrected chi connectivity index (χ4v) is 2.27. The van der Waals surface area contributed by atoms with Gasteiger partial charge >= 0.3 is 0 Å². The summed E-state index contributed by atoms with van der Waals surface area (Å²) in [4.78, 5) is 0. The molecule has 1 fully saturated rings. The summed E-state index contributed by atoms with van der Waals surface area (Å²) in [5, 5.41) is 0. The Bertz CT molecular complexity index is 223. The second kappa shape index (κ2) is 4.55. The molecule has 0 unspecified atom stereocenters. The molecule has 1 heterocycles. The molecule has 4 nitrogen and oxygen atoms in total. The Morgan fingerprint density at radius 1 is 1.58 bits per heavy atom. The summed E-state index contributed by atoms with van der Waals surface area (Å²) < 4.78 is 29.7. The summed E-state index contributed by atoms with van der Waals surface area (Å²) in [6, 6.07) is -0.0405. The lowest BCUT2D eigenvalue weighted by molar-refractivity contribution is 0.0774. The monoisotopic (exact) mass is 257 g/mol. The Balaban J connectivity index is 2.39. The Hall–Kier alpha value is 0.350. The predicted octanol–water partition coefficient (Wildman–Crippen LogP) is 0.437. The average Bonchev–Trinajstić information content (AvgIpc) is 2.06. The molecule has 0 spiro atoms. The van der Waals surface area contributed by atoms with E-state index < -0.39 is 10.0 Å². The molecule has 6 heteroatoms. The minimum atomic E-state index is -3.13. The van der Waals surface area contributed by atoms with Crippen LogP contribution >= 0.6 is 15.9 Å². The minimum Gasteiger partial charge on any atom is -0.380 e. The van der Waals surface area contributed by atoms with Gasteiger partial charge < -0.3 is 4.74 Å². The Morgan fingerprint density at radius 2 is 2.33 bits per heavy atom. The normalized spacial score (nSPS) is 25.6. The SMILES string of the molecule is O=S(=O)(CBr)N[C@H]1CCCOC1. The number of nitrogens with one attached hydrogen (secondary N) is 1. The van der Waals surface area contributed by atoms with Crippen molar-refractivity contribution in [3.8, 4) is 0 Å². The van der Waals surface area contributed by atoms with Gasteiger partial charge in [0.15, 0.2) is 0 Å². The molecular formula is C6H12BrNO3S. The lowest BCUT2D eigenvalue weighted by Gasteiger charge is -2.22. The number of rotatable bonds is 3. The zero-order chi connectivity index (χ0) is 9.03. The highest BCUT2D eigenvalue weighted by Gasteiger charge is 2.19. The minimum absolute atomic E-state index is 0.0405. The highest BCUT2D eigenvalue weighted by Crippen LogP contribution is 2.07. The molecule has 0 saturated carbocycles. The highest BCUT2D eigenvalue weighted by atomic mass is 79.9. The quantitative estimate of drug-likeness (QED) is 0.747. The zero-order valence-corrected chi connectivity index (χ0v) is 9.03. The van der Waals surface area contributed by atoms with Crippen LogP contribution in [0.25, 0.3) is 0 Å². The van der Waals surface area contributed by atoms with Crippen LogP contribution in [0.4, 0.5) is 0 Å². The molecule has 0 aliphatic carbocycles. The molecule has 12 heavy (non-hydrogen) atoms. The van der Waals surface area contributed by atoms with Crippen LogP contribution < -0.4 is 4.72 Å². The largest absolute Gasteiger partial charge is 0.380 e. The van der Waals surface area contributed by atoms with Crippen molar-refractivity contribution < 1.29 is 13.2 Å². The number of sulfonamides is 1. The van der Waals surface area contributed by atoms with Crippen molar-refractivity contribution in [1.29, 1.82) is 0 Å². The molecule has 1 saturated heterocycles. The molecule has 0 aromatic heterocycles. The average molecular weight is 258 g/mol. The third-order valence-electron chi connectivity index (χ3n) is 1.65. The van der Waals surface area contributed by atoms with Gasteiger partial charge in [0, 0.05) is 12.6 Å². The van der Waals surface area contributed by atoms with Crippen LogP contribution in [0.3, 0.4) is 0 Å². The second-order valence-electron chi connectivity index (χ2n) is 2.76. The molecule has 1 atom stereocenters. The fourth-order valence-electron chi connectivity index (χ4n) is 1.12. The fraction of sp³-hybridized carbons (Fsp3) is 1.00. The molecule has 1 aliphatic rings. The molecular weight excluding hydrogens is 246 g/mol. The van der Waals surface area contributed by atoms with Crippen molar-refractivity contribution in [3.05, 3.63) is 0 Å². The van der Waals surface area contributed by atoms with E-state index in [1.807, 2.05) is 0 Å². The maximum atomic E-state index is 11.1. The van der Waals surface area contributed by atoms with E-state index in [9.17, 15) is 8.42 Å². The Morgan fingerprint density at radius 3 is 2.83 bits per heavy atom. The van der Waals surface area contributed by atoms with E-state index in [4.69, 9.17) is 4.74 Å². The number of ether oxygens (including phenoxy) is 1. The summed E-state index contributed by atoms with van der Waals surface area (Å²) in [7, 11) is -3.13. The highest BCUT2D eigenvalue weighted by molar-refractivity contribution is 9.10. The van der Waals surface area contributed by atoms with Gasteiger partial charge in [-0.25, -0.2) is 13.1 Å². The van der Waals surface area contributed by atoms with E-state index in [0.717, 1.165) is 19.4 Å². The maximum Gasteiger partial charge on any atom is 0.221 e. The second-order valence-corrected chi connectivity index (χ2v) is 5.81. The molecule has 72 valence electrons. The lowest BCUT2D eigenvalue weighted by atomic mass is 10.1. The molecule has 1 N–H and O–H groups in total. The van der Waals surface area contributed by atoms with Gasteiger partial charge in [-0.15, -0.1) is 0 Å². The van der Waals surface area contributed by atoms with E-state index in [2.05, 4.69) is 20.7 Å². The first-order valence-corrected chi connectivity index (χ1v) is 6.55.